The number of rotatable bonds is 2. The van der Waals surface area contributed by atoms with E-state index in [1.165, 1.54) is 41.7 Å². The third-order valence-electron chi connectivity index (χ3n) is 4.51. The predicted molar refractivity (Wildman–Crippen MR) is 122 cm³/mol. The molecule has 136 valence electrons. The van der Waals surface area contributed by atoms with Crippen molar-refractivity contribution in [3.05, 3.63) is 64.1 Å². The van der Waals surface area contributed by atoms with Gasteiger partial charge in [-0.15, -0.1) is 0 Å². The molecular formula is C20H13N3OS2SeSi. The molecule has 28 heavy (non-hydrogen) atoms. The van der Waals surface area contributed by atoms with Gasteiger partial charge < -0.3 is 0 Å². The zero-order valence-electron chi connectivity index (χ0n) is 14.7. The molecule has 2 aromatic heterocycles. The number of carbonyl (C=O) groups is 1. The molecule has 0 saturated carbocycles. The van der Waals surface area contributed by atoms with Crippen molar-refractivity contribution in [2.24, 2.45) is 0 Å². The Labute approximate surface area is 180 Å². The molecule has 0 aliphatic carbocycles. The molecule has 2 radical (unpaired) electrons. The van der Waals surface area contributed by atoms with E-state index in [4.69, 9.17) is 12.2 Å². The first kappa shape index (κ1) is 18.1. The van der Waals surface area contributed by atoms with Crippen molar-refractivity contribution in [3.8, 4) is 0 Å². The Balaban J connectivity index is 1.57. The fourth-order valence-corrected chi connectivity index (χ4v) is 7.77. The molecule has 1 aromatic carbocycles. The standard InChI is InChI=1S/C20H13N3OS2SeSi/c1-22-19(24)14(26-20(22)25)11-12-8-9-17(27-12)23-13-5-2-3-6-15(13)28-16-7-4-10-21-18(16)23/h2-11H,1H3/b14-11+. The van der Waals surface area contributed by atoms with Gasteiger partial charge in [-0.2, -0.15) is 0 Å². The zero-order valence-corrected chi connectivity index (χ0v) is 19.1. The maximum atomic E-state index is 12.3. The number of likely N-dealkylation sites (N-methyl/N-ethyl adjacent to an activating group) is 1. The van der Waals surface area contributed by atoms with Gasteiger partial charge in [0, 0.05) is 0 Å². The Bertz CT molecular complexity index is 1110. The van der Waals surface area contributed by atoms with Crippen LogP contribution >= 0.6 is 24.0 Å². The van der Waals surface area contributed by atoms with Gasteiger partial charge in [0.25, 0.3) is 0 Å². The molecule has 0 atom stereocenters. The van der Waals surface area contributed by atoms with Gasteiger partial charge in [-0.1, -0.05) is 0 Å². The average molecular weight is 483 g/mol. The molecule has 0 bridgehead atoms. The fourth-order valence-electron chi connectivity index (χ4n) is 3.14. The number of anilines is 3. The first-order valence-electron chi connectivity index (χ1n) is 8.54. The van der Waals surface area contributed by atoms with Crippen LogP contribution in [-0.4, -0.2) is 51.2 Å². The Kier molecular flexibility index (Phi) is 4.61. The van der Waals surface area contributed by atoms with Gasteiger partial charge in [0.15, 0.2) is 0 Å². The van der Waals surface area contributed by atoms with Crippen LogP contribution in [0.1, 0.15) is 4.44 Å². The van der Waals surface area contributed by atoms with Crippen LogP contribution < -0.4 is 15.3 Å². The quantitative estimate of drug-likeness (QED) is 0.249. The van der Waals surface area contributed by atoms with E-state index in [2.05, 4.69) is 52.3 Å². The van der Waals surface area contributed by atoms with E-state index >= 15 is 0 Å². The van der Waals surface area contributed by atoms with Gasteiger partial charge in [-0.05, 0) is 0 Å². The number of carbonyl (C=O) groups excluding carboxylic acids is 1. The van der Waals surface area contributed by atoms with E-state index in [0.29, 0.717) is 18.7 Å². The summed E-state index contributed by atoms with van der Waals surface area (Å²) < 4.78 is 3.00. The van der Waals surface area contributed by atoms with E-state index < -0.39 is 0 Å². The van der Waals surface area contributed by atoms with E-state index in [1.54, 1.807) is 7.05 Å². The number of pyridine rings is 1. The van der Waals surface area contributed by atoms with Gasteiger partial charge in [0.1, 0.15) is 0 Å². The van der Waals surface area contributed by atoms with Gasteiger partial charge in [-0.3, -0.25) is 0 Å². The summed E-state index contributed by atoms with van der Waals surface area (Å²) in [5.74, 6) is 0.999. The Morgan fingerprint density at radius 1 is 1.14 bits per heavy atom. The summed E-state index contributed by atoms with van der Waals surface area (Å²) in [6, 6.07) is 17.0. The van der Waals surface area contributed by atoms with Crippen molar-refractivity contribution in [2.45, 2.75) is 0 Å². The van der Waals surface area contributed by atoms with Crippen LogP contribution in [0.5, 0.6) is 0 Å². The molecular weight excluding hydrogens is 469 g/mol. The van der Waals surface area contributed by atoms with E-state index in [0.717, 1.165) is 5.82 Å². The maximum absolute atomic E-state index is 12.3. The number of aromatic nitrogens is 1. The summed E-state index contributed by atoms with van der Waals surface area (Å²) >= 11 is 6.69. The summed E-state index contributed by atoms with van der Waals surface area (Å²) in [6.45, 7) is 0. The molecule has 0 unspecified atom stereocenters. The minimum absolute atomic E-state index is 0.0170. The molecule has 4 heterocycles. The first-order chi connectivity index (χ1) is 13.6. The number of hydrogen-bond donors (Lipinski definition) is 0. The number of amides is 1. The van der Waals surface area contributed by atoms with Crippen molar-refractivity contribution < 1.29 is 4.79 Å². The second kappa shape index (κ2) is 7.13. The van der Waals surface area contributed by atoms with Crippen LogP contribution in [0.25, 0.3) is 6.08 Å². The SMILES string of the molecule is CN1C(=O)/C(=C\c2ccc(N3c4ccccc4[Si]c4cccnc43)[se]2)SC1=S. The fraction of sp³-hybridized carbons (Fsp3) is 0.0500. The summed E-state index contributed by atoms with van der Waals surface area (Å²) in [4.78, 5) is 21.5. The molecule has 2 aliphatic rings. The molecule has 5 rings (SSSR count). The molecule has 4 nitrogen and oxygen atoms in total. The predicted octanol–water partition coefficient (Wildman–Crippen LogP) is 2.41. The molecule has 2 aliphatic heterocycles. The second-order valence-electron chi connectivity index (χ2n) is 6.27. The normalized spacial score (nSPS) is 17.2. The first-order valence-corrected chi connectivity index (χ1v) is 12.5. The van der Waals surface area contributed by atoms with E-state index in [1.807, 2.05) is 18.3 Å². The second-order valence-corrected chi connectivity index (χ2v) is 11.6. The van der Waals surface area contributed by atoms with Crippen LogP contribution in [0.3, 0.4) is 0 Å². The molecule has 8 heteroatoms. The Morgan fingerprint density at radius 2 is 1.96 bits per heavy atom. The third kappa shape index (κ3) is 3.02. The number of thiocarbonyl (C=S) groups is 1. The van der Waals surface area contributed by atoms with Crippen molar-refractivity contribution in [3.63, 3.8) is 0 Å². The van der Waals surface area contributed by atoms with Crippen LogP contribution in [0, 0.1) is 0 Å². The monoisotopic (exact) mass is 483 g/mol. The average Bonchev–Trinajstić information content (AvgIpc) is 3.26. The van der Waals surface area contributed by atoms with Crippen LogP contribution in [-0.2, 0) is 4.79 Å². The molecule has 0 N–H and O–H groups in total. The molecule has 1 fully saturated rings. The number of para-hydroxylation sites is 1. The third-order valence-corrected chi connectivity index (χ3v) is 9.48. The Hall–Kier alpha value is -1.96. The van der Waals surface area contributed by atoms with Crippen molar-refractivity contribution >= 4 is 90.7 Å². The van der Waals surface area contributed by atoms with Gasteiger partial charge in [-0.25, -0.2) is 0 Å². The van der Waals surface area contributed by atoms with Gasteiger partial charge in [0.05, 0.1) is 0 Å². The topological polar surface area (TPSA) is 36.4 Å². The van der Waals surface area contributed by atoms with Gasteiger partial charge >= 0.3 is 181 Å². The van der Waals surface area contributed by atoms with Crippen LogP contribution in [0.15, 0.2) is 59.6 Å². The van der Waals surface area contributed by atoms with Crippen molar-refractivity contribution in [1.82, 2.24) is 9.88 Å². The number of benzene rings is 1. The number of nitrogens with zero attached hydrogens (tertiary/aromatic N) is 3. The Morgan fingerprint density at radius 3 is 2.79 bits per heavy atom. The van der Waals surface area contributed by atoms with E-state index in [9.17, 15) is 4.79 Å². The van der Waals surface area contributed by atoms with Crippen molar-refractivity contribution in [1.29, 1.82) is 0 Å². The summed E-state index contributed by atoms with van der Waals surface area (Å²) in [7, 11) is 2.34. The molecule has 0 spiro atoms. The minimum atomic E-state index is -0.0170. The molecule has 1 saturated heterocycles. The number of fused-ring (bicyclic) bond motifs is 2. The summed E-state index contributed by atoms with van der Waals surface area (Å²) in [5.41, 5.74) is 1.20. The molecule has 1 amide bonds. The van der Waals surface area contributed by atoms with Crippen LogP contribution in [0.2, 0.25) is 0 Å². The summed E-state index contributed by atoms with van der Waals surface area (Å²) in [5, 5.41) is 2.60. The van der Waals surface area contributed by atoms with Crippen LogP contribution in [0.4, 0.5) is 16.1 Å². The number of thioether (sulfide) groups is 1. The van der Waals surface area contributed by atoms with E-state index in [-0.39, 0.29) is 20.4 Å². The zero-order chi connectivity index (χ0) is 19.3. The molecule has 3 aromatic rings. The number of hydrogen-bond acceptors (Lipinski definition) is 5. The van der Waals surface area contributed by atoms with Gasteiger partial charge in [0.2, 0.25) is 0 Å². The van der Waals surface area contributed by atoms with Crippen molar-refractivity contribution in [2.75, 3.05) is 11.9 Å². The summed E-state index contributed by atoms with van der Waals surface area (Å²) in [6.07, 6.45) is 3.84.